The number of aromatic nitrogens is 3. The first-order valence-electron chi connectivity index (χ1n) is 8.87. The topological polar surface area (TPSA) is 106 Å². The highest BCUT2D eigenvalue weighted by atomic mass is 35.5. The van der Waals surface area contributed by atoms with Crippen molar-refractivity contribution in [3.8, 4) is 11.4 Å². The molecule has 7 nitrogen and oxygen atoms in total. The van der Waals surface area contributed by atoms with Crippen LogP contribution in [-0.4, -0.2) is 33.3 Å². The quantitative estimate of drug-likeness (QED) is 0.685. The predicted molar refractivity (Wildman–Crippen MR) is 103 cm³/mol. The fraction of sp³-hybridized carbons (Fsp3) is 0.500. The number of carbonyl (C=O) groups excluding carboxylic acids is 1. The number of rotatable bonds is 7. The van der Waals surface area contributed by atoms with Gasteiger partial charge in [-0.3, -0.25) is 9.89 Å². The number of halogens is 1. The van der Waals surface area contributed by atoms with E-state index >= 15 is 0 Å². The molecule has 3 rings (SSSR count). The number of carbonyl (C=O) groups is 1. The Kier molecular flexibility index (Phi) is 7.56. The second-order valence-corrected chi connectivity index (χ2v) is 6.32. The van der Waals surface area contributed by atoms with E-state index in [9.17, 15) is 4.79 Å². The largest absolute Gasteiger partial charge is 0.365 e. The molecular weight excluding hydrogens is 354 g/mol. The van der Waals surface area contributed by atoms with E-state index in [0.717, 1.165) is 24.1 Å². The van der Waals surface area contributed by atoms with Gasteiger partial charge in [-0.2, -0.15) is 5.10 Å². The van der Waals surface area contributed by atoms with E-state index in [0.29, 0.717) is 24.6 Å². The third kappa shape index (κ3) is 5.03. The zero-order valence-electron chi connectivity index (χ0n) is 14.9. The number of amides is 1. The molecule has 1 unspecified atom stereocenters. The first-order chi connectivity index (χ1) is 12.2. The van der Waals surface area contributed by atoms with Crippen molar-refractivity contribution >= 4 is 24.0 Å². The van der Waals surface area contributed by atoms with Crippen LogP contribution in [-0.2, 0) is 16.1 Å². The van der Waals surface area contributed by atoms with Crippen molar-refractivity contribution in [3.05, 3.63) is 30.1 Å². The van der Waals surface area contributed by atoms with Crippen molar-refractivity contribution in [1.82, 2.24) is 15.2 Å². The van der Waals surface area contributed by atoms with Gasteiger partial charge in [0.25, 0.3) is 5.91 Å². The number of H-pyrrole nitrogens is 1. The molecule has 142 valence electrons. The lowest BCUT2D eigenvalue weighted by Crippen LogP contribution is -2.32. The molecule has 4 N–H and O–H groups in total. The number of anilines is 1. The minimum atomic E-state index is -0.400. The van der Waals surface area contributed by atoms with Crippen molar-refractivity contribution in [3.63, 3.8) is 0 Å². The van der Waals surface area contributed by atoms with Crippen molar-refractivity contribution < 1.29 is 9.53 Å². The normalized spacial score (nSPS) is 15.5. The molecule has 0 bridgehead atoms. The molecule has 1 saturated carbocycles. The van der Waals surface area contributed by atoms with E-state index in [2.05, 4.69) is 20.5 Å². The summed E-state index contributed by atoms with van der Waals surface area (Å²) < 4.78 is 5.95. The van der Waals surface area contributed by atoms with E-state index in [4.69, 9.17) is 10.5 Å². The van der Waals surface area contributed by atoms with Crippen LogP contribution in [0.2, 0.25) is 0 Å². The van der Waals surface area contributed by atoms with Gasteiger partial charge in [0.15, 0.2) is 5.82 Å². The van der Waals surface area contributed by atoms with E-state index in [1.807, 2.05) is 31.2 Å². The summed E-state index contributed by atoms with van der Waals surface area (Å²) in [5, 5.41) is 9.84. The number of nitrogens with one attached hydrogen (secondary N) is 2. The second-order valence-electron chi connectivity index (χ2n) is 6.32. The number of hydrogen-bond donors (Lipinski definition) is 3. The maximum Gasteiger partial charge on any atom is 0.253 e. The Hall–Kier alpha value is -1.96. The number of nitrogens with zero attached hydrogens (tertiary/aromatic N) is 2. The van der Waals surface area contributed by atoms with Crippen LogP contribution in [0.1, 0.15) is 44.9 Å². The molecule has 0 radical (unpaired) electrons. The number of aromatic amines is 1. The highest BCUT2D eigenvalue weighted by Crippen LogP contribution is 2.24. The van der Waals surface area contributed by atoms with Crippen LogP contribution in [0.25, 0.3) is 11.4 Å². The van der Waals surface area contributed by atoms with Gasteiger partial charge in [-0.05, 0) is 43.5 Å². The molecule has 1 aromatic heterocycles. The summed E-state index contributed by atoms with van der Waals surface area (Å²) >= 11 is 0. The van der Waals surface area contributed by atoms with Crippen LogP contribution in [0.3, 0.4) is 0 Å². The van der Waals surface area contributed by atoms with Gasteiger partial charge in [0.05, 0.1) is 12.6 Å². The van der Waals surface area contributed by atoms with E-state index < -0.39 is 6.10 Å². The zero-order chi connectivity index (χ0) is 17.6. The lowest BCUT2D eigenvalue weighted by Gasteiger charge is -2.20. The molecule has 8 heteroatoms. The summed E-state index contributed by atoms with van der Waals surface area (Å²) in [5.74, 6) is 1.14. The Balaban J connectivity index is 0.00000243. The van der Waals surface area contributed by atoms with Gasteiger partial charge in [-0.1, -0.05) is 19.8 Å². The Morgan fingerprint density at radius 1 is 1.35 bits per heavy atom. The molecule has 0 spiro atoms. The molecule has 1 amide bonds. The van der Waals surface area contributed by atoms with Gasteiger partial charge in [-0.25, -0.2) is 4.98 Å². The highest BCUT2D eigenvalue weighted by Gasteiger charge is 2.24. The van der Waals surface area contributed by atoms with Crippen LogP contribution in [0.4, 0.5) is 5.69 Å². The molecule has 0 aliphatic heterocycles. The minimum Gasteiger partial charge on any atom is -0.365 e. The summed E-state index contributed by atoms with van der Waals surface area (Å²) in [6, 6.07) is 7.43. The van der Waals surface area contributed by atoms with E-state index in [1.165, 1.54) is 12.8 Å². The van der Waals surface area contributed by atoms with Crippen LogP contribution in [0, 0.1) is 0 Å². The van der Waals surface area contributed by atoms with Gasteiger partial charge in [0, 0.05) is 11.3 Å². The van der Waals surface area contributed by atoms with Crippen LogP contribution in [0.15, 0.2) is 24.3 Å². The van der Waals surface area contributed by atoms with E-state index in [1.54, 1.807) is 0 Å². The maximum atomic E-state index is 12.4. The zero-order valence-corrected chi connectivity index (χ0v) is 15.7. The van der Waals surface area contributed by atoms with Gasteiger partial charge in [-0.15, -0.1) is 12.4 Å². The van der Waals surface area contributed by atoms with E-state index in [-0.39, 0.29) is 24.4 Å². The Morgan fingerprint density at radius 3 is 2.62 bits per heavy atom. The number of ether oxygens (including phenoxy) is 1. The second kappa shape index (κ2) is 9.66. The first-order valence-corrected chi connectivity index (χ1v) is 8.87. The lowest BCUT2D eigenvalue weighted by molar-refractivity contribution is -0.131. The van der Waals surface area contributed by atoms with Gasteiger partial charge < -0.3 is 15.8 Å². The summed E-state index contributed by atoms with van der Waals surface area (Å²) in [4.78, 5) is 16.7. The molecule has 1 fully saturated rings. The predicted octanol–water partition coefficient (Wildman–Crippen LogP) is 3.03. The number of hydrogen-bond acceptors (Lipinski definition) is 5. The van der Waals surface area contributed by atoms with Crippen LogP contribution in [0.5, 0.6) is 0 Å². The van der Waals surface area contributed by atoms with Crippen molar-refractivity contribution in [2.45, 2.75) is 57.8 Å². The van der Waals surface area contributed by atoms with Crippen molar-refractivity contribution in [1.29, 1.82) is 0 Å². The van der Waals surface area contributed by atoms with Gasteiger partial charge >= 0.3 is 0 Å². The molecule has 2 aromatic rings. The van der Waals surface area contributed by atoms with Crippen molar-refractivity contribution in [2.24, 2.45) is 5.73 Å². The summed E-state index contributed by atoms with van der Waals surface area (Å²) in [6.07, 6.45) is 4.98. The summed E-state index contributed by atoms with van der Waals surface area (Å²) in [7, 11) is 0. The summed E-state index contributed by atoms with van der Waals surface area (Å²) in [6.45, 7) is 2.29. The van der Waals surface area contributed by atoms with Gasteiger partial charge in [0.2, 0.25) is 0 Å². The Labute approximate surface area is 159 Å². The molecule has 1 atom stereocenters. The van der Waals surface area contributed by atoms with Crippen molar-refractivity contribution in [2.75, 3.05) is 5.32 Å². The van der Waals surface area contributed by atoms with Crippen LogP contribution >= 0.6 is 12.4 Å². The maximum absolute atomic E-state index is 12.4. The molecular formula is C18H26ClN5O2. The molecule has 26 heavy (non-hydrogen) atoms. The molecule has 1 heterocycles. The fourth-order valence-corrected chi connectivity index (χ4v) is 3.04. The highest BCUT2D eigenvalue weighted by molar-refractivity contribution is 5.94. The first kappa shape index (κ1) is 20.4. The number of nitrogens with two attached hydrogens (primary N) is 1. The SMILES string of the molecule is CCC(OC1CCCC1)C(=O)Nc1ccc(-c2n[nH]c(CN)n2)cc1.Cl. The minimum absolute atomic E-state index is 0. The summed E-state index contributed by atoms with van der Waals surface area (Å²) in [5.41, 5.74) is 7.12. The lowest BCUT2D eigenvalue weighted by atomic mass is 10.2. The number of benzene rings is 1. The standard InChI is InChI=1S/C18H25N5O2.ClH/c1-2-15(25-14-5-3-4-6-14)18(24)20-13-9-7-12(8-10-13)17-21-16(11-19)22-23-17;/h7-10,14-15H,2-6,11,19H2,1H3,(H,20,24)(H,21,22,23);1H. The average molecular weight is 380 g/mol. The van der Waals surface area contributed by atoms with Crippen LogP contribution < -0.4 is 11.1 Å². The molecule has 0 saturated heterocycles. The fourth-order valence-electron chi connectivity index (χ4n) is 3.04. The third-order valence-corrected chi connectivity index (χ3v) is 4.46. The Bertz CT molecular complexity index is 698. The molecule has 1 aliphatic rings. The Morgan fingerprint density at radius 2 is 2.04 bits per heavy atom. The molecule has 1 aromatic carbocycles. The van der Waals surface area contributed by atoms with Gasteiger partial charge in [0.1, 0.15) is 11.9 Å². The average Bonchev–Trinajstić information content (AvgIpc) is 3.32. The third-order valence-electron chi connectivity index (χ3n) is 4.46. The molecule has 1 aliphatic carbocycles. The smallest absolute Gasteiger partial charge is 0.253 e. The monoisotopic (exact) mass is 379 g/mol.